The Bertz CT molecular complexity index is 544. The Labute approximate surface area is 161 Å². The Hall–Kier alpha value is -1.77. The van der Waals surface area contributed by atoms with Gasteiger partial charge in [0.05, 0.1) is 7.11 Å². The number of methoxy groups -OCH3 is 1. The molecule has 0 aromatic heterocycles. The van der Waals surface area contributed by atoms with Crippen molar-refractivity contribution in [3.8, 4) is 5.75 Å². The minimum absolute atomic E-state index is 0. The summed E-state index contributed by atoms with van der Waals surface area (Å²) in [4.78, 5) is 19.6. The van der Waals surface area contributed by atoms with Gasteiger partial charge in [-0.1, -0.05) is 18.2 Å². The summed E-state index contributed by atoms with van der Waals surface area (Å²) in [7, 11) is 7.01. The maximum absolute atomic E-state index is 11.7. The number of hydrogen-bond acceptors (Lipinski definition) is 3. The molecule has 0 radical (unpaired) electrons. The van der Waals surface area contributed by atoms with Gasteiger partial charge in [-0.2, -0.15) is 0 Å². The van der Waals surface area contributed by atoms with Crippen LogP contribution in [0, 0.1) is 0 Å². The molecule has 0 bridgehead atoms. The molecule has 134 valence electrons. The van der Waals surface area contributed by atoms with Crippen molar-refractivity contribution >= 4 is 35.8 Å². The largest absolute Gasteiger partial charge is 0.497 e. The van der Waals surface area contributed by atoms with Crippen LogP contribution in [0.2, 0.25) is 0 Å². The first-order valence-electron chi connectivity index (χ1n) is 7.41. The lowest BCUT2D eigenvalue weighted by atomic mass is 10.2. The van der Waals surface area contributed by atoms with Crippen LogP contribution in [0.25, 0.3) is 0 Å². The van der Waals surface area contributed by atoms with Gasteiger partial charge in [-0.3, -0.25) is 4.79 Å². The molecule has 0 unspecified atom stereocenters. The number of amides is 1. The number of aliphatic imine (C=N–C) groups is 1. The number of benzene rings is 1. The smallest absolute Gasteiger partial charge is 0.243 e. The zero-order chi connectivity index (χ0) is 17.2. The molecule has 0 saturated carbocycles. The van der Waals surface area contributed by atoms with E-state index in [1.807, 2.05) is 36.2 Å². The van der Waals surface area contributed by atoms with Gasteiger partial charge in [0, 0.05) is 34.2 Å². The standard InChI is InChI=1S/C17H26N4O2.HI/c1-6-11-18-17(19-12-16(22)20(2)3)21(4)13-14-7-9-15(23-5)10-8-14;/h6-10H,1,11-13H2,2-5H3,(H,18,19);1H. The number of likely N-dealkylation sites (N-methyl/N-ethyl adjacent to an activating group) is 1. The SMILES string of the molecule is C=CCNC(=NCC(=O)N(C)C)N(C)Cc1ccc(OC)cc1.I. The number of guanidine groups is 1. The maximum Gasteiger partial charge on any atom is 0.243 e. The molecule has 1 rings (SSSR count). The molecule has 1 N–H and O–H groups in total. The number of halogens is 1. The predicted octanol–water partition coefficient (Wildman–Crippen LogP) is 1.96. The molecule has 6 nitrogen and oxygen atoms in total. The highest BCUT2D eigenvalue weighted by Gasteiger charge is 2.09. The molecular weight excluding hydrogens is 419 g/mol. The fraction of sp³-hybridized carbons (Fsp3) is 0.412. The van der Waals surface area contributed by atoms with Crippen molar-refractivity contribution in [1.29, 1.82) is 0 Å². The van der Waals surface area contributed by atoms with E-state index in [1.54, 1.807) is 27.3 Å². The van der Waals surface area contributed by atoms with Gasteiger partial charge in [-0.15, -0.1) is 30.6 Å². The lowest BCUT2D eigenvalue weighted by Gasteiger charge is -2.22. The van der Waals surface area contributed by atoms with Crippen LogP contribution in [0.15, 0.2) is 41.9 Å². The van der Waals surface area contributed by atoms with E-state index in [0.717, 1.165) is 11.3 Å². The zero-order valence-electron chi connectivity index (χ0n) is 14.8. The monoisotopic (exact) mass is 446 g/mol. The molecule has 0 heterocycles. The Morgan fingerprint density at radius 2 is 1.92 bits per heavy atom. The molecule has 24 heavy (non-hydrogen) atoms. The maximum atomic E-state index is 11.7. The quantitative estimate of drug-likeness (QED) is 0.301. The molecule has 0 aliphatic carbocycles. The molecule has 7 heteroatoms. The normalized spacial score (nSPS) is 10.4. The minimum atomic E-state index is -0.0410. The lowest BCUT2D eigenvalue weighted by molar-refractivity contribution is -0.127. The van der Waals surface area contributed by atoms with Crippen LogP contribution in [0.3, 0.4) is 0 Å². The summed E-state index contributed by atoms with van der Waals surface area (Å²) in [5.74, 6) is 1.45. The van der Waals surface area contributed by atoms with Crippen molar-refractivity contribution in [1.82, 2.24) is 15.1 Å². The molecule has 0 aliphatic rings. The number of hydrogen-bond donors (Lipinski definition) is 1. The van der Waals surface area contributed by atoms with E-state index in [1.165, 1.54) is 4.90 Å². The van der Waals surface area contributed by atoms with Crippen LogP contribution in [0.5, 0.6) is 5.75 Å². The fourth-order valence-electron chi connectivity index (χ4n) is 1.84. The summed E-state index contributed by atoms with van der Waals surface area (Å²) < 4.78 is 5.16. The van der Waals surface area contributed by atoms with Crippen molar-refractivity contribution in [3.63, 3.8) is 0 Å². The van der Waals surface area contributed by atoms with Crippen LogP contribution in [0.1, 0.15) is 5.56 Å². The average Bonchev–Trinajstić information content (AvgIpc) is 2.55. The Kier molecular flexibility index (Phi) is 10.9. The van der Waals surface area contributed by atoms with Gasteiger partial charge >= 0.3 is 0 Å². The number of rotatable bonds is 7. The van der Waals surface area contributed by atoms with Gasteiger partial charge in [0.15, 0.2) is 5.96 Å². The molecule has 1 amide bonds. The van der Waals surface area contributed by atoms with E-state index in [-0.39, 0.29) is 36.4 Å². The predicted molar refractivity (Wildman–Crippen MR) is 109 cm³/mol. The summed E-state index contributed by atoms with van der Waals surface area (Å²) >= 11 is 0. The molecule has 0 fully saturated rings. The molecule has 1 aromatic rings. The van der Waals surface area contributed by atoms with Gasteiger partial charge in [0.2, 0.25) is 5.91 Å². The summed E-state index contributed by atoms with van der Waals surface area (Å²) in [6.45, 7) is 5.06. The highest BCUT2D eigenvalue weighted by Crippen LogP contribution is 2.12. The zero-order valence-corrected chi connectivity index (χ0v) is 17.1. The molecule has 0 atom stereocenters. The molecule has 0 aliphatic heterocycles. The van der Waals surface area contributed by atoms with Crippen molar-refractivity contribution in [2.24, 2.45) is 4.99 Å². The summed E-state index contributed by atoms with van der Waals surface area (Å²) in [6, 6.07) is 7.86. The van der Waals surface area contributed by atoms with Crippen molar-refractivity contribution in [3.05, 3.63) is 42.5 Å². The Morgan fingerprint density at radius 1 is 1.29 bits per heavy atom. The number of carbonyl (C=O) groups is 1. The number of nitrogens with one attached hydrogen (secondary N) is 1. The molecule has 0 spiro atoms. The van der Waals surface area contributed by atoms with Crippen LogP contribution < -0.4 is 10.1 Å². The van der Waals surface area contributed by atoms with Gasteiger partial charge < -0.3 is 19.9 Å². The van der Waals surface area contributed by atoms with Crippen LogP contribution in [-0.2, 0) is 11.3 Å². The Morgan fingerprint density at radius 3 is 2.42 bits per heavy atom. The van der Waals surface area contributed by atoms with E-state index in [4.69, 9.17) is 4.74 Å². The third kappa shape index (κ3) is 7.67. The van der Waals surface area contributed by atoms with E-state index >= 15 is 0 Å². The van der Waals surface area contributed by atoms with Gasteiger partial charge in [0.1, 0.15) is 12.3 Å². The first-order chi connectivity index (χ1) is 11.0. The van der Waals surface area contributed by atoms with Crippen molar-refractivity contribution in [2.45, 2.75) is 6.54 Å². The van der Waals surface area contributed by atoms with Crippen LogP contribution >= 0.6 is 24.0 Å². The summed E-state index contributed by atoms with van der Waals surface area (Å²) in [5, 5.41) is 3.17. The average molecular weight is 446 g/mol. The second-order valence-electron chi connectivity index (χ2n) is 5.30. The second-order valence-corrected chi connectivity index (χ2v) is 5.30. The van der Waals surface area contributed by atoms with E-state index in [9.17, 15) is 4.79 Å². The summed E-state index contributed by atoms with van der Waals surface area (Å²) in [5.41, 5.74) is 1.13. The molecule has 0 saturated heterocycles. The third-order valence-corrected chi connectivity index (χ3v) is 3.21. The van der Waals surface area contributed by atoms with Gasteiger partial charge in [-0.05, 0) is 17.7 Å². The van der Waals surface area contributed by atoms with Crippen molar-refractivity contribution in [2.75, 3.05) is 41.3 Å². The Balaban J connectivity index is 0.00000529. The van der Waals surface area contributed by atoms with E-state index < -0.39 is 0 Å². The lowest BCUT2D eigenvalue weighted by Crippen LogP contribution is -2.39. The van der Waals surface area contributed by atoms with Gasteiger partial charge in [-0.25, -0.2) is 4.99 Å². The van der Waals surface area contributed by atoms with E-state index in [2.05, 4.69) is 16.9 Å². The van der Waals surface area contributed by atoms with Crippen molar-refractivity contribution < 1.29 is 9.53 Å². The highest BCUT2D eigenvalue weighted by molar-refractivity contribution is 14.0. The topological polar surface area (TPSA) is 57.2 Å². The fourth-order valence-corrected chi connectivity index (χ4v) is 1.84. The number of carbonyl (C=O) groups excluding carboxylic acids is 1. The summed E-state index contributed by atoms with van der Waals surface area (Å²) in [6.07, 6.45) is 1.75. The molecule has 1 aromatic carbocycles. The highest BCUT2D eigenvalue weighted by atomic mass is 127. The number of nitrogens with zero attached hydrogens (tertiary/aromatic N) is 3. The van der Waals surface area contributed by atoms with Crippen LogP contribution in [0.4, 0.5) is 0 Å². The van der Waals surface area contributed by atoms with Gasteiger partial charge in [0.25, 0.3) is 0 Å². The van der Waals surface area contributed by atoms with E-state index in [0.29, 0.717) is 19.0 Å². The minimum Gasteiger partial charge on any atom is -0.497 e. The van der Waals surface area contributed by atoms with Crippen LogP contribution in [-0.4, -0.2) is 63.0 Å². The number of ether oxygens (including phenoxy) is 1. The first kappa shape index (κ1) is 22.2. The first-order valence-corrected chi connectivity index (χ1v) is 7.41. The third-order valence-electron chi connectivity index (χ3n) is 3.21. The molecular formula is C17H27IN4O2. The second kappa shape index (κ2) is 11.7.